The summed E-state index contributed by atoms with van der Waals surface area (Å²) in [6.07, 6.45) is 1.54. The van der Waals surface area contributed by atoms with Gasteiger partial charge in [0.1, 0.15) is 5.69 Å². The highest BCUT2D eigenvalue weighted by Crippen LogP contribution is 2.16. The molecule has 0 saturated carbocycles. The number of nitrogens with two attached hydrogens (primary N) is 1. The first-order valence-electron chi connectivity index (χ1n) is 5.35. The van der Waals surface area contributed by atoms with E-state index in [1.54, 1.807) is 18.3 Å². The van der Waals surface area contributed by atoms with Crippen molar-refractivity contribution < 1.29 is 10.0 Å². The summed E-state index contributed by atoms with van der Waals surface area (Å²) in [7, 11) is 0. The number of halogens is 1. The molecule has 98 valence electrons. The molecule has 0 saturated heterocycles. The lowest BCUT2D eigenvalue weighted by Crippen LogP contribution is -2.43. The van der Waals surface area contributed by atoms with Gasteiger partial charge < -0.3 is 15.8 Å². The third kappa shape index (κ3) is 3.43. The van der Waals surface area contributed by atoms with Crippen LogP contribution in [0, 0.1) is 0 Å². The molecule has 0 bridgehead atoms. The van der Waals surface area contributed by atoms with Crippen molar-refractivity contribution in [1.82, 2.24) is 9.88 Å². The Morgan fingerprint density at radius 3 is 2.83 bits per heavy atom. The van der Waals surface area contributed by atoms with E-state index in [9.17, 15) is 4.79 Å². The maximum Gasteiger partial charge on any atom is 0.274 e. The van der Waals surface area contributed by atoms with Gasteiger partial charge in [-0.2, -0.15) is 0 Å². The highest BCUT2D eigenvalue weighted by Gasteiger charge is 2.22. The Bertz CT molecular complexity index is 462. The maximum absolute atomic E-state index is 12.3. The second-order valence-corrected chi connectivity index (χ2v) is 4.81. The number of oxime groups is 1. The van der Waals surface area contributed by atoms with Crippen LogP contribution in [0.25, 0.3) is 0 Å². The van der Waals surface area contributed by atoms with Gasteiger partial charge in [-0.3, -0.25) is 4.79 Å². The highest BCUT2D eigenvalue weighted by molar-refractivity contribution is 9.10. The van der Waals surface area contributed by atoms with Gasteiger partial charge in [-0.25, -0.2) is 4.98 Å². The van der Waals surface area contributed by atoms with E-state index in [0.29, 0.717) is 10.2 Å². The number of carbonyl (C=O) groups excluding carboxylic acids is 1. The predicted octanol–water partition coefficient (Wildman–Crippen LogP) is 1.44. The molecule has 0 aliphatic rings. The van der Waals surface area contributed by atoms with Crippen LogP contribution in [0.1, 0.15) is 24.3 Å². The van der Waals surface area contributed by atoms with E-state index in [0.717, 1.165) is 0 Å². The molecule has 0 aromatic carbocycles. The second-order valence-electron chi connectivity index (χ2n) is 3.95. The number of hydrogen-bond donors (Lipinski definition) is 2. The van der Waals surface area contributed by atoms with Crippen molar-refractivity contribution in [3.63, 3.8) is 0 Å². The van der Waals surface area contributed by atoms with Crippen LogP contribution in [0.15, 0.2) is 28.0 Å². The van der Waals surface area contributed by atoms with Crippen LogP contribution in [0.3, 0.4) is 0 Å². The van der Waals surface area contributed by atoms with Crippen molar-refractivity contribution in [2.24, 2.45) is 10.9 Å². The average molecular weight is 315 g/mol. The molecule has 0 fully saturated rings. The van der Waals surface area contributed by atoms with Crippen LogP contribution in [0.2, 0.25) is 0 Å². The number of hydrogen-bond acceptors (Lipinski definition) is 4. The highest BCUT2D eigenvalue weighted by atomic mass is 79.9. The summed E-state index contributed by atoms with van der Waals surface area (Å²) in [6.45, 7) is 3.74. The number of pyridine rings is 1. The van der Waals surface area contributed by atoms with Gasteiger partial charge in [-0.05, 0) is 41.9 Å². The maximum atomic E-state index is 12.3. The Balaban J connectivity index is 3.01. The molecule has 1 aromatic rings. The van der Waals surface area contributed by atoms with Crippen LogP contribution in [0.4, 0.5) is 0 Å². The lowest BCUT2D eigenvalue weighted by molar-refractivity contribution is 0.0727. The van der Waals surface area contributed by atoms with Crippen LogP contribution in [0.5, 0.6) is 0 Å². The van der Waals surface area contributed by atoms with Gasteiger partial charge in [0.15, 0.2) is 5.84 Å². The zero-order chi connectivity index (χ0) is 13.7. The number of amides is 1. The molecule has 0 radical (unpaired) electrons. The number of nitrogens with zero attached hydrogens (tertiary/aromatic N) is 3. The van der Waals surface area contributed by atoms with Crippen molar-refractivity contribution >= 4 is 27.7 Å². The minimum absolute atomic E-state index is 0.0240. The molecular formula is C11H15BrN4O2. The van der Waals surface area contributed by atoms with E-state index in [4.69, 9.17) is 10.9 Å². The number of carbonyl (C=O) groups is 1. The van der Waals surface area contributed by atoms with Gasteiger partial charge in [0.05, 0.1) is 6.54 Å². The Labute approximate surface area is 114 Å². The van der Waals surface area contributed by atoms with E-state index < -0.39 is 0 Å². The molecule has 7 heteroatoms. The Morgan fingerprint density at radius 1 is 1.67 bits per heavy atom. The van der Waals surface area contributed by atoms with Crippen LogP contribution < -0.4 is 5.73 Å². The van der Waals surface area contributed by atoms with Crippen molar-refractivity contribution in [3.05, 3.63) is 28.5 Å². The first-order chi connectivity index (χ1) is 8.47. The molecule has 0 aliphatic carbocycles. The monoisotopic (exact) mass is 314 g/mol. The lowest BCUT2D eigenvalue weighted by atomic mass is 10.2. The average Bonchev–Trinajstić information content (AvgIpc) is 2.35. The Morgan fingerprint density at radius 2 is 2.33 bits per heavy atom. The van der Waals surface area contributed by atoms with Gasteiger partial charge in [-0.1, -0.05) is 5.16 Å². The summed E-state index contributed by atoms with van der Waals surface area (Å²) in [5.41, 5.74) is 5.74. The standard InChI is InChI=1S/C11H15BrN4O2/c1-7(2)16(6-9(13)15-18)11(17)10-8(12)4-3-5-14-10/h3-5,7,18H,6H2,1-2H3,(H2,13,15). The summed E-state index contributed by atoms with van der Waals surface area (Å²) in [5.74, 6) is -0.298. The molecule has 6 nitrogen and oxygen atoms in total. The summed E-state index contributed by atoms with van der Waals surface area (Å²) in [5, 5.41) is 11.5. The zero-order valence-electron chi connectivity index (χ0n) is 10.2. The zero-order valence-corrected chi connectivity index (χ0v) is 11.8. The minimum Gasteiger partial charge on any atom is -0.409 e. The fourth-order valence-corrected chi connectivity index (χ4v) is 1.80. The minimum atomic E-state index is -0.274. The quantitative estimate of drug-likeness (QED) is 0.381. The van der Waals surface area contributed by atoms with Gasteiger partial charge in [0.2, 0.25) is 0 Å². The van der Waals surface area contributed by atoms with Crippen LogP contribution >= 0.6 is 15.9 Å². The second kappa shape index (κ2) is 6.34. The van der Waals surface area contributed by atoms with E-state index in [1.807, 2.05) is 13.8 Å². The van der Waals surface area contributed by atoms with Crippen molar-refractivity contribution in [2.75, 3.05) is 6.54 Å². The molecule has 1 heterocycles. The van der Waals surface area contributed by atoms with Crippen LogP contribution in [-0.2, 0) is 0 Å². The number of aromatic nitrogens is 1. The predicted molar refractivity (Wildman–Crippen MR) is 71.5 cm³/mol. The van der Waals surface area contributed by atoms with Gasteiger partial charge in [-0.15, -0.1) is 0 Å². The van der Waals surface area contributed by atoms with Crippen molar-refractivity contribution in [1.29, 1.82) is 0 Å². The molecule has 0 unspecified atom stereocenters. The molecular weight excluding hydrogens is 300 g/mol. The SMILES string of the molecule is CC(C)N(C/C(N)=N/O)C(=O)c1ncccc1Br. The number of amidine groups is 1. The van der Waals surface area contributed by atoms with Crippen molar-refractivity contribution in [3.8, 4) is 0 Å². The molecule has 0 aliphatic heterocycles. The summed E-state index contributed by atoms with van der Waals surface area (Å²) < 4.78 is 0.611. The largest absolute Gasteiger partial charge is 0.409 e. The molecule has 0 spiro atoms. The van der Waals surface area contributed by atoms with Crippen molar-refractivity contribution in [2.45, 2.75) is 19.9 Å². The van der Waals surface area contributed by atoms with E-state index in [1.165, 1.54) is 4.90 Å². The first-order valence-corrected chi connectivity index (χ1v) is 6.14. The molecule has 18 heavy (non-hydrogen) atoms. The third-order valence-corrected chi connectivity index (χ3v) is 2.95. The van der Waals surface area contributed by atoms with Gasteiger partial charge >= 0.3 is 0 Å². The van der Waals surface area contributed by atoms with E-state index in [-0.39, 0.29) is 24.3 Å². The molecule has 1 rings (SSSR count). The van der Waals surface area contributed by atoms with E-state index in [2.05, 4.69) is 26.1 Å². The topological polar surface area (TPSA) is 91.8 Å². The van der Waals surface area contributed by atoms with E-state index >= 15 is 0 Å². The Kier molecular flexibility index (Phi) is 5.08. The Hall–Kier alpha value is -1.63. The fraction of sp³-hybridized carbons (Fsp3) is 0.364. The molecule has 1 aromatic heterocycles. The normalized spacial score (nSPS) is 11.7. The number of rotatable bonds is 4. The molecule has 0 atom stereocenters. The van der Waals surface area contributed by atoms with Gasteiger partial charge in [0.25, 0.3) is 5.91 Å². The molecule has 1 amide bonds. The summed E-state index contributed by atoms with van der Waals surface area (Å²) in [4.78, 5) is 17.8. The fourth-order valence-electron chi connectivity index (χ4n) is 1.37. The summed E-state index contributed by atoms with van der Waals surface area (Å²) >= 11 is 3.28. The summed E-state index contributed by atoms with van der Waals surface area (Å²) in [6, 6.07) is 3.37. The first kappa shape index (κ1) is 14.4. The smallest absolute Gasteiger partial charge is 0.274 e. The van der Waals surface area contributed by atoms with Crippen LogP contribution in [-0.4, -0.2) is 39.4 Å². The van der Waals surface area contributed by atoms with Gasteiger partial charge in [0, 0.05) is 16.7 Å². The molecule has 3 N–H and O–H groups in total. The third-order valence-electron chi connectivity index (χ3n) is 2.31. The lowest BCUT2D eigenvalue weighted by Gasteiger charge is -2.25.